The fourth-order valence-corrected chi connectivity index (χ4v) is 8.32. The van der Waals surface area contributed by atoms with Crippen molar-refractivity contribution in [2.24, 2.45) is 23.7 Å². The Bertz CT molecular complexity index is 261. The van der Waals surface area contributed by atoms with Gasteiger partial charge in [-0.25, -0.2) is 0 Å². The van der Waals surface area contributed by atoms with Crippen LogP contribution in [0.1, 0.15) is 52.9 Å². The van der Waals surface area contributed by atoms with Gasteiger partial charge in [0.25, 0.3) is 0 Å². The van der Waals surface area contributed by atoms with Gasteiger partial charge in [0.2, 0.25) is 0 Å². The molecule has 0 spiro atoms. The molecule has 4 saturated carbocycles. The SMILES string of the molecule is CC[Si](CC)(CC)OC1C2CC3CC(C2)CC1C3. The van der Waals surface area contributed by atoms with Crippen molar-refractivity contribution in [2.75, 3.05) is 0 Å². The zero-order chi connectivity index (χ0) is 12.8. The zero-order valence-corrected chi connectivity index (χ0v) is 13.5. The lowest BCUT2D eigenvalue weighted by Gasteiger charge is -2.56. The number of rotatable bonds is 5. The highest BCUT2D eigenvalue weighted by Gasteiger charge is 2.50. The van der Waals surface area contributed by atoms with Crippen LogP contribution < -0.4 is 0 Å². The van der Waals surface area contributed by atoms with Crippen LogP contribution >= 0.6 is 0 Å². The van der Waals surface area contributed by atoms with Crippen molar-refractivity contribution in [1.29, 1.82) is 0 Å². The molecule has 0 atom stereocenters. The van der Waals surface area contributed by atoms with Crippen LogP contribution in [-0.2, 0) is 4.43 Å². The van der Waals surface area contributed by atoms with E-state index in [4.69, 9.17) is 4.43 Å². The van der Waals surface area contributed by atoms with Crippen LogP contribution in [0.25, 0.3) is 0 Å². The Kier molecular flexibility index (Phi) is 3.61. The molecule has 0 amide bonds. The Morgan fingerprint density at radius 3 is 1.61 bits per heavy atom. The Labute approximate surface area is 114 Å². The van der Waals surface area contributed by atoms with E-state index in [0.717, 1.165) is 23.7 Å². The molecule has 18 heavy (non-hydrogen) atoms. The van der Waals surface area contributed by atoms with E-state index >= 15 is 0 Å². The van der Waals surface area contributed by atoms with Crippen molar-refractivity contribution >= 4 is 8.32 Å². The van der Waals surface area contributed by atoms with Crippen molar-refractivity contribution in [3.05, 3.63) is 0 Å². The molecular weight excluding hydrogens is 236 g/mol. The second kappa shape index (κ2) is 4.94. The monoisotopic (exact) mass is 266 g/mol. The van der Waals surface area contributed by atoms with E-state index < -0.39 is 8.32 Å². The third-order valence-electron chi connectivity index (χ3n) is 6.46. The maximum Gasteiger partial charge on any atom is 0.192 e. The van der Waals surface area contributed by atoms with Gasteiger partial charge in [0.1, 0.15) is 0 Å². The molecule has 0 radical (unpaired) electrons. The molecule has 0 unspecified atom stereocenters. The van der Waals surface area contributed by atoms with E-state index in [1.54, 1.807) is 6.42 Å². The third-order valence-corrected chi connectivity index (χ3v) is 11.1. The van der Waals surface area contributed by atoms with Gasteiger partial charge in [-0.05, 0) is 73.9 Å². The van der Waals surface area contributed by atoms with Gasteiger partial charge in [-0.1, -0.05) is 20.8 Å². The van der Waals surface area contributed by atoms with Crippen LogP contribution in [0.4, 0.5) is 0 Å². The lowest BCUT2D eigenvalue weighted by molar-refractivity contribution is -0.0840. The minimum atomic E-state index is -1.38. The van der Waals surface area contributed by atoms with E-state index in [-0.39, 0.29) is 0 Å². The average Bonchev–Trinajstić information content (AvgIpc) is 2.38. The molecule has 4 aliphatic rings. The van der Waals surface area contributed by atoms with Gasteiger partial charge in [0.15, 0.2) is 8.32 Å². The van der Waals surface area contributed by atoms with Crippen LogP contribution in [0.2, 0.25) is 18.1 Å². The standard InChI is InChI=1S/C16H30OSi/c1-4-18(5-2,6-3)17-16-14-8-12-7-13(10-14)11-15(16)9-12/h12-16H,4-11H2,1-3H3. The Morgan fingerprint density at radius 1 is 0.778 bits per heavy atom. The molecule has 1 nitrogen and oxygen atoms in total. The predicted octanol–water partition coefficient (Wildman–Crippen LogP) is 4.83. The van der Waals surface area contributed by atoms with Crippen LogP contribution in [0, 0.1) is 23.7 Å². The molecule has 4 aliphatic carbocycles. The summed E-state index contributed by atoms with van der Waals surface area (Å²) in [4.78, 5) is 0. The van der Waals surface area contributed by atoms with Crippen molar-refractivity contribution in [1.82, 2.24) is 0 Å². The summed E-state index contributed by atoms with van der Waals surface area (Å²) in [6.07, 6.45) is 8.22. The van der Waals surface area contributed by atoms with Gasteiger partial charge >= 0.3 is 0 Å². The second-order valence-electron chi connectivity index (χ2n) is 7.26. The topological polar surface area (TPSA) is 9.23 Å². The molecule has 2 heteroatoms. The van der Waals surface area contributed by atoms with E-state index in [1.807, 2.05) is 0 Å². The van der Waals surface area contributed by atoms with E-state index in [9.17, 15) is 0 Å². The molecular formula is C16H30OSi. The summed E-state index contributed by atoms with van der Waals surface area (Å²) in [5.74, 6) is 4.04. The summed E-state index contributed by atoms with van der Waals surface area (Å²) in [6, 6.07) is 3.97. The molecule has 0 aliphatic heterocycles. The van der Waals surface area contributed by atoms with Crippen LogP contribution in [0.3, 0.4) is 0 Å². The summed E-state index contributed by atoms with van der Waals surface area (Å²) in [7, 11) is -1.38. The smallest absolute Gasteiger partial charge is 0.192 e. The Balaban J connectivity index is 1.73. The molecule has 0 saturated heterocycles. The molecule has 0 aromatic carbocycles. The van der Waals surface area contributed by atoms with Gasteiger partial charge in [0.05, 0.1) is 6.10 Å². The first-order valence-corrected chi connectivity index (χ1v) is 10.9. The summed E-state index contributed by atoms with van der Waals surface area (Å²) in [6.45, 7) is 7.11. The first-order valence-electron chi connectivity index (χ1n) is 8.37. The van der Waals surface area contributed by atoms with Crippen molar-refractivity contribution in [3.63, 3.8) is 0 Å². The lowest BCUT2D eigenvalue weighted by Crippen LogP contribution is -2.54. The van der Waals surface area contributed by atoms with Crippen molar-refractivity contribution in [3.8, 4) is 0 Å². The molecule has 4 rings (SSSR count). The molecule has 4 fully saturated rings. The fraction of sp³-hybridized carbons (Fsp3) is 1.00. The quantitative estimate of drug-likeness (QED) is 0.647. The van der Waals surface area contributed by atoms with Gasteiger partial charge < -0.3 is 4.43 Å². The van der Waals surface area contributed by atoms with Gasteiger partial charge in [0, 0.05) is 0 Å². The largest absolute Gasteiger partial charge is 0.413 e. The van der Waals surface area contributed by atoms with Gasteiger partial charge in [-0.2, -0.15) is 0 Å². The Hall–Kier alpha value is 0.177. The molecule has 0 heterocycles. The van der Waals surface area contributed by atoms with Crippen molar-refractivity contribution in [2.45, 2.75) is 77.1 Å². The minimum absolute atomic E-state index is 0.671. The van der Waals surface area contributed by atoms with Crippen molar-refractivity contribution < 1.29 is 4.43 Å². The molecule has 0 N–H and O–H groups in total. The number of hydrogen-bond donors (Lipinski definition) is 0. The molecule has 104 valence electrons. The Morgan fingerprint density at radius 2 is 1.22 bits per heavy atom. The first-order chi connectivity index (χ1) is 8.69. The highest BCUT2D eigenvalue weighted by atomic mass is 28.4. The first kappa shape index (κ1) is 13.2. The molecule has 0 aromatic heterocycles. The second-order valence-corrected chi connectivity index (χ2v) is 12.0. The normalized spacial score (nSPS) is 42.5. The predicted molar refractivity (Wildman–Crippen MR) is 79.1 cm³/mol. The third kappa shape index (κ3) is 2.09. The van der Waals surface area contributed by atoms with Crippen LogP contribution in [0.15, 0.2) is 0 Å². The fourth-order valence-electron chi connectivity index (χ4n) is 5.36. The van der Waals surface area contributed by atoms with E-state index in [1.165, 1.54) is 43.8 Å². The molecule has 0 aromatic rings. The summed E-state index contributed by atoms with van der Waals surface area (Å²) >= 11 is 0. The zero-order valence-electron chi connectivity index (χ0n) is 12.5. The van der Waals surface area contributed by atoms with Gasteiger partial charge in [-0.3, -0.25) is 0 Å². The van der Waals surface area contributed by atoms with Crippen LogP contribution in [0.5, 0.6) is 0 Å². The minimum Gasteiger partial charge on any atom is -0.413 e. The summed E-state index contributed by atoms with van der Waals surface area (Å²) in [5.41, 5.74) is 0. The number of hydrogen-bond acceptors (Lipinski definition) is 1. The van der Waals surface area contributed by atoms with Gasteiger partial charge in [-0.15, -0.1) is 0 Å². The summed E-state index contributed by atoms with van der Waals surface area (Å²) < 4.78 is 6.90. The molecule has 4 bridgehead atoms. The highest BCUT2D eigenvalue weighted by molar-refractivity contribution is 6.73. The maximum absolute atomic E-state index is 6.90. The van der Waals surface area contributed by atoms with E-state index in [0.29, 0.717) is 6.10 Å². The van der Waals surface area contributed by atoms with E-state index in [2.05, 4.69) is 20.8 Å². The maximum atomic E-state index is 6.90. The summed E-state index contributed by atoms with van der Waals surface area (Å²) in [5, 5.41) is 0. The van der Waals surface area contributed by atoms with Crippen LogP contribution in [-0.4, -0.2) is 14.4 Å². The lowest BCUT2D eigenvalue weighted by atomic mass is 9.55. The average molecular weight is 267 g/mol. The highest BCUT2D eigenvalue weighted by Crippen LogP contribution is 2.55.